The van der Waals surface area contributed by atoms with Crippen molar-refractivity contribution in [2.45, 2.75) is 12.5 Å². The Morgan fingerprint density at radius 3 is 2.50 bits per heavy atom. The molecule has 1 atom stereocenters. The average Bonchev–Trinajstić information content (AvgIpc) is 3.24. The van der Waals surface area contributed by atoms with Crippen LogP contribution in [-0.2, 0) is 11.2 Å². The number of hydrogen-bond donors (Lipinski definition) is 4. The van der Waals surface area contributed by atoms with Crippen LogP contribution in [0.15, 0.2) is 60.0 Å². The molecule has 0 aliphatic heterocycles. The summed E-state index contributed by atoms with van der Waals surface area (Å²) in [5, 5.41) is 7.39. The molecule has 3 aromatic rings. The molecule has 28 heavy (non-hydrogen) atoms. The largest absolute Gasteiger partial charge is 0.397 e. The lowest BCUT2D eigenvalue weighted by Gasteiger charge is -2.12. The second kappa shape index (κ2) is 8.69. The maximum Gasteiger partial charge on any atom is 0.255 e. The molecule has 6 N–H and O–H groups in total. The molecule has 1 aromatic heterocycles. The summed E-state index contributed by atoms with van der Waals surface area (Å²) >= 11 is 1.62. The number of likely N-dealkylation sites (N-methyl/N-ethyl adjacent to an activating group) is 1. The summed E-state index contributed by atoms with van der Waals surface area (Å²) in [5.74, 6) is -0.472. The Hall–Kier alpha value is -3.16. The number of anilines is 2. The molecule has 0 aliphatic carbocycles. The van der Waals surface area contributed by atoms with E-state index in [-0.39, 0.29) is 11.8 Å². The number of carbonyl (C=O) groups is 2. The standard InChI is InChI=1S/C21H22N4O2S/c1-24-21(27)17(23)11-13-4-6-14(7-5-13)20(26)25-18-12-15(8-9-16(18)22)19-3-2-10-28-19/h2-10,12,17H,11,22-23H2,1H3,(H,24,27)(H,25,26)/t17-/m0/s1. The molecule has 0 fully saturated rings. The molecule has 1 heterocycles. The zero-order valence-electron chi connectivity index (χ0n) is 15.4. The number of nitrogens with two attached hydrogens (primary N) is 2. The minimum Gasteiger partial charge on any atom is -0.397 e. The van der Waals surface area contributed by atoms with Gasteiger partial charge in [-0.05, 0) is 53.3 Å². The van der Waals surface area contributed by atoms with Crippen LogP contribution in [0.4, 0.5) is 11.4 Å². The fraction of sp³-hybridized carbons (Fsp3) is 0.143. The van der Waals surface area contributed by atoms with Gasteiger partial charge in [-0.2, -0.15) is 0 Å². The summed E-state index contributed by atoms with van der Waals surface area (Å²) in [4.78, 5) is 25.2. The van der Waals surface area contributed by atoms with E-state index in [9.17, 15) is 9.59 Å². The van der Waals surface area contributed by atoms with Gasteiger partial charge in [0.05, 0.1) is 17.4 Å². The van der Waals surface area contributed by atoms with Crippen LogP contribution in [0.3, 0.4) is 0 Å². The van der Waals surface area contributed by atoms with Crippen LogP contribution in [0.1, 0.15) is 15.9 Å². The normalized spacial score (nSPS) is 11.6. The van der Waals surface area contributed by atoms with Crippen molar-refractivity contribution in [2.24, 2.45) is 5.73 Å². The number of carbonyl (C=O) groups excluding carboxylic acids is 2. The highest BCUT2D eigenvalue weighted by molar-refractivity contribution is 7.13. The molecule has 0 radical (unpaired) electrons. The zero-order valence-corrected chi connectivity index (χ0v) is 16.3. The van der Waals surface area contributed by atoms with Crippen molar-refractivity contribution in [3.63, 3.8) is 0 Å². The van der Waals surface area contributed by atoms with E-state index in [1.165, 1.54) is 0 Å². The van der Waals surface area contributed by atoms with Crippen LogP contribution in [0, 0.1) is 0 Å². The summed E-state index contributed by atoms with van der Waals surface area (Å²) in [6.07, 6.45) is 0.400. The van der Waals surface area contributed by atoms with Crippen molar-refractivity contribution in [1.82, 2.24) is 5.32 Å². The SMILES string of the molecule is CNC(=O)[C@@H](N)Cc1ccc(C(=O)Nc2cc(-c3cccs3)ccc2N)cc1. The van der Waals surface area contributed by atoms with Crippen molar-refractivity contribution >= 4 is 34.5 Å². The van der Waals surface area contributed by atoms with Gasteiger partial charge in [0.1, 0.15) is 0 Å². The molecule has 144 valence electrons. The molecule has 0 spiro atoms. The van der Waals surface area contributed by atoms with E-state index >= 15 is 0 Å². The lowest BCUT2D eigenvalue weighted by atomic mass is 10.0. The number of benzene rings is 2. The number of hydrogen-bond acceptors (Lipinski definition) is 5. The van der Waals surface area contributed by atoms with Crippen LogP contribution < -0.4 is 22.1 Å². The minimum absolute atomic E-state index is 0.220. The van der Waals surface area contributed by atoms with Crippen LogP contribution in [0.5, 0.6) is 0 Å². The Morgan fingerprint density at radius 1 is 1.11 bits per heavy atom. The van der Waals surface area contributed by atoms with E-state index in [4.69, 9.17) is 11.5 Å². The number of nitrogens with one attached hydrogen (secondary N) is 2. The highest BCUT2D eigenvalue weighted by atomic mass is 32.1. The Kier molecular flexibility index (Phi) is 6.08. The number of nitrogen functional groups attached to an aromatic ring is 1. The molecule has 2 aromatic carbocycles. The smallest absolute Gasteiger partial charge is 0.255 e. The molecule has 0 unspecified atom stereocenters. The topological polar surface area (TPSA) is 110 Å². The Balaban J connectivity index is 1.71. The summed E-state index contributed by atoms with van der Waals surface area (Å²) < 4.78 is 0. The van der Waals surface area contributed by atoms with Crippen LogP contribution in [0.25, 0.3) is 10.4 Å². The fourth-order valence-corrected chi connectivity index (χ4v) is 3.50. The first kappa shape index (κ1) is 19.6. The van der Waals surface area contributed by atoms with Gasteiger partial charge >= 0.3 is 0 Å². The zero-order chi connectivity index (χ0) is 20.1. The predicted octanol–water partition coefficient (Wildman–Crippen LogP) is 2.87. The van der Waals surface area contributed by atoms with E-state index in [0.717, 1.165) is 16.0 Å². The van der Waals surface area contributed by atoms with Gasteiger partial charge in [0, 0.05) is 17.5 Å². The fourth-order valence-electron chi connectivity index (χ4n) is 2.78. The van der Waals surface area contributed by atoms with Gasteiger partial charge in [-0.3, -0.25) is 9.59 Å². The maximum atomic E-state index is 12.6. The van der Waals surface area contributed by atoms with E-state index in [0.29, 0.717) is 23.4 Å². The Morgan fingerprint density at radius 2 is 1.86 bits per heavy atom. The van der Waals surface area contributed by atoms with Crippen LogP contribution in [-0.4, -0.2) is 24.9 Å². The minimum atomic E-state index is -0.621. The molecule has 7 heteroatoms. The summed E-state index contributed by atoms with van der Waals surface area (Å²) in [5.41, 5.74) is 15.3. The summed E-state index contributed by atoms with van der Waals surface area (Å²) in [6, 6.07) is 16.0. The van der Waals surface area contributed by atoms with Gasteiger partial charge in [-0.1, -0.05) is 24.3 Å². The molecular formula is C21H22N4O2S. The first-order chi connectivity index (χ1) is 13.5. The Bertz CT molecular complexity index is 969. The van der Waals surface area contributed by atoms with Crippen molar-refractivity contribution in [3.05, 3.63) is 71.1 Å². The summed E-state index contributed by atoms with van der Waals surface area (Å²) in [6.45, 7) is 0. The molecule has 0 aliphatic rings. The average molecular weight is 395 g/mol. The van der Waals surface area contributed by atoms with Crippen LogP contribution in [0.2, 0.25) is 0 Å². The van der Waals surface area contributed by atoms with Crippen molar-refractivity contribution in [1.29, 1.82) is 0 Å². The second-order valence-corrected chi connectivity index (χ2v) is 7.30. The third-order valence-electron chi connectivity index (χ3n) is 4.36. The third kappa shape index (κ3) is 4.57. The summed E-state index contributed by atoms with van der Waals surface area (Å²) in [7, 11) is 1.55. The van der Waals surface area contributed by atoms with Gasteiger partial charge in [0.15, 0.2) is 0 Å². The van der Waals surface area contributed by atoms with E-state index < -0.39 is 6.04 Å². The van der Waals surface area contributed by atoms with Gasteiger partial charge in [-0.15, -0.1) is 11.3 Å². The lowest BCUT2D eigenvalue weighted by Crippen LogP contribution is -2.40. The number of rotatable bonds is 6. The van der Waals surface area contributed by atoms with Gasteiger partial charge < -0.3 is 22.1 Å². The van der Waals surface area contributed by atoms with Gasteiger partial charge in [0.2, 0.25) is 5.91 Å². The molecule has 0 saturated heterocycles. The second-order valence-electron chi connectivity index (χ2n) is 6.36. The highest BCUT2D eigenvalue weighted by Gasteiger charge is 2.13. The van der Waals surface area contributed by atoms with Crippen molar-refractivity contribution in [2.75, 3.05) is 18.1 Å². The first-order valence-corrected chi connectivity index (χ1v) is 9.66. The quantitative estimate of drug-likeness (QED) is 0.482. The number of thiophene rings is 1. The Labute approximate surface area is 167 Å². The van der Waals surface area contributed by atoms with E-state index in [1.54, 1.807) is 48.7 Å². The molecule has 2 amide bonds. The molecule has 3 rings (SSSR count). The highest BCUT2D eigenvalue weighted by Crippen LogP contribution is 2.30. The molecule has 0 bridgehead atoms. The number of amides is 2. The lowest BCUT2D eigenvalue weighted by molar-refractivity contribution is -0.121. The van der Waals surface area contributed by atoms with Crippen molar-refractivity contribution in [3.8, 4) is 10.4 Å². The van der Waals surface area contributed by atoms with Crippen LogP contribution >= 0.6 is 11.3 Å². The van der Waals surface area contributed by atoms with E-state index in [1.807, 2.05) is 29.6 Å². The monoisotopic (exact) mass is 394 g/mol. The molecule has 6 nitrogen and oxygen atoms in total. The molecule has 0 saturated carbocycles. The van der Waals surface area contributed by atoms with Gasteiger partial charge in [0.25, 0.3) is 5.91 Å². The first-order valence-electron chi connectivity index (χ1n) is 8.79. The molecular weight excluding hydrogens is 372 g/mol. The predicted molar refractivity (Wildman–Crippen MR) is 114 cm³/mol. The van der Waals surface area contributed by atoms with E-state index in [2.05, 4.69) is 10.6 Å². The van der Waals surface area contributed by atoms with Crippen molar-refractivity contribution < 1.29 is 9.59 Å². The third-order valence-corrected chi connectivity index (χ3v) is 5.28. The van der Waals surface area contributed by atoms with Gasteiger partial charge in [-0.25, -0.2) is 0 Å². The maximum absolute atomic E-state index is 12.6.